The van der Waals surface area contributed by atoms with Gasteiger partial charge in [-0.15, -0.1) is 0 Å². The minimum atomic E-state index is -0.117. The summed E-state index contributed by atoms with van der Waals surface area (Å²) < 4.78 is 4.79. The molecular weight excluding hydrogens is 202 g/mol. The molecule has 3 heteroatoms. The molecule has 0 amide bonds. The molecule has 0 bridgehead atoms. The van der Waals surface area contributed by atoms with Crippen molar-refractivity contribution in [1.82, 2.24) is 4.90 Å². The van der Waals surface area contributed by atoms with Crippen LogP contribution in [0.3, 0.4) is 0 Å². The van der Waals surface area contributed by atoms with Gasteiger partial charge in [0, 0.05) is 12.6 Å². The number of hydrogen-bond donors (Lipinski definition) is 0. The number of methoxy groups -OCH3 is 1. The fourth-order valence-corrected chi connectivity index (χ4v) is 2.19. The van der Waals surface area contributed by atoms with Gasteiger partial charge in [-0.1, -0.05) is 30.3 Å². The van der Waals surface area contributed by atoms with E-state index in [0.29, 0.717) is 6.04 Å². The molecule has 0 N–H and O–H groups in total. The molecule has 0 unspecified atom stereocenters. The fraction of sp³-hybridized carbons (Fsp3) is 0.462. The fourth-order valence-electron chi connectivity index (χ4n) is 2.19. The minimum absolute atomic E-state index is 0.0554. The van der Waals surface area contributed by atoms with E-state index in [0.717, 1.165) is 13.0 Å². The van der Waals surface area contributed by atoms with E-state index >= 15 is 0 Å². The van der Waals surface area contributed by atoms with Gasteiger partial charge >= 0.3 is 5.97 Å². The van der Waals surface area contributed by atoms with Gasteiger partial charge in [0.1, 0.15) is 6.04 Å². The number of carbonyl (C=O) groups is 1. The lowest BCUT2D eigenvalue weighted by molar-refractivity contribution is -0.156. The average molecular weight is 219 g/mol. The second kappa shape index (κ2) is 4.66. The molecule has 0 radical (unpaired) electrons. The largest absolute Gasteiger partial charge is 0.468 e. The highest BCUT2D eigenvalue weighted by Gasteiger charge is 2.40. The Bertz CT molecular complexity index is 363. The smallest absolute Gasteiger partial charge is 0.323 e. The van der Waals surface area contributed by atoms with E-state index < -0.39 is 0 Å². The molecule has 0 saturated carbocycles. The number of likely N-dealkylation sites (tertiary alicyclic amines) is 1. The highest BCUT2D eigenvalue weighted by Crippen LogP contribution is 2.28. The van der Waals surface area contributed by atoms with Gasteiger partial charge in [-0.25, -0.2) is 0 Å². The first-order valence-electron chi connectivity index (χ1n) is 5.60. The molecule has 16 heavy (non-hydrogen) atoms. The van der Waals surface area contributed by atoms with Gasteiger partial charge in [0.05, 0.1) is 7.11 Å². The Morgan fingerprint density at radius 3 is 2.69 bits per heavy atom. The number of rotatable bonds is 3. The van der Waals surface area contributed by atoms with Crippen molar-refractivity contribution < 1.29 is 9.53 Å². The molecule has 3 nitrogen and oxygen atoms in total. The molecule has 1 aromatic carbocycles. The maximum Gasteiger partial charge on any atom is 0.323 e. The minimum Gasteiger partial charge on any atom is -0.468 e. The molecule has 2 atom stereocenters. The lowest BCUT2D eigenvalue weighted by Crippen LogP contribution is -2.57. The highest BCUT2D eigenvalue weighted by atomic mass is 16.5. The summed E-state index contributed by atoms with van der Waals surface area (Å²) in [4.78, 5) is 13.7. The van der Waals surface area contributed by atoms with Crippen LogP contribution in [0.5, 0.6) is 0 Å². The second-order valence-electron chi connectivity index (χ2n) is 4.28. The van der Waals surface area contributed by atoms with E-state index in [9.17, 15) is 4.79 Å². The molecule has 1 heterocycles. The van der Waals surface area contributed by atoms with Gasteiger partial charge in [0.25, 0.3) is 0 Å². The molecule has 1 saturated heterocycles. The Kier molecular flexibility index (Phi) is 3.25. The third-order valence-electron chi connectivity index (χ3n) is 3.21. The molecule has 1 aliphatic rings. The Balaban J connectivity index is 2.01. The Morgan fingerprint density at radius 1 is 1.44 bits per heavy atom. The zero-order valence-corrected chi connectivity index (χ0v) is 9.72. The summed E-state index contributed by atoms with van der Waals surface area (Å²) in [5.41, 5.74) is 1.24. The van der Waals surface area contributed by atoms with Crippen LogP contribution in [0.1, 0.15) is 18.9 Å². The van der Waals surface area contributed by atoms with Crippen molar-refractivity contribution in [3.8, 4) is 0 Å². The van der Waals surface area contributed by atoms with Crippen molar-refractivity contribution in [3.05, 3.63) is 35.9 Å². The third-order valence-corrected chi connectivity index (χ3v) is 3.21. The number of hydrogen-bond acceptors (Lipinski definition) is 3. The molecule has 0 aliphatic carbocycles. The van der Waals surface area contributed by atoms with Crippen molar-refractivity contribution >= 4 is 5.97 Å². The van der Waals surface area contributed by atoms with Crippen LogP contribution in [0.2, 0.25) is 0 Å². The molecule has 1 aliphatic heterocycles. The van der Waals surface area contributed by atoms with Gasteiger partial charge in [-0.3, -0.25) is 9.69 Å². The topological polar surface area (TPSA) is 29.5 Å². The normalized spacial score (nSPS) is 24.9. The molecule has 1 aromatic rings. The van der Waals surface area contributed by atoms with E-state index in [2.05, 4.69) is 24.0 Å². The highest BCUT2D eigenvalue weighted by molar-refractivity contribution is 5.76. The molecule has 2 rings (SSSR count). The van der Waals surface area contributed by atoms with Crippen LogP contribution in [0.25, 0.3) is 0 Å². The number of nitrogens with zero attached hydrogens (tertiary/aromatic N) is 1. The molecule has 0 aromatic heterocycles. The lowest BCUT2D eigenvalue weighted by Gasteiger charge is -2.45. The van der Waals surface area contributed by atoms with Crippen LogP contribution in [-0.2, 0) is 16.1 Å². The van der Waals surface area contributed by atoms with E-state index in [1.165, 1.54) is 12.7 Å². The number of ether oxygens (including phenoxy) is 1. The van der Waals surface area contributed by atoms with Crippen LogP contribution in [0, 0.1) is 0 Å². The van der Waals surface area contributed by atoms with E-state index in [1.807, 2.05) is 18.2 Å². The van der Waals surface area contributed by atoms with Gasteiger partial charge in [0.2, 0.25) is 0 Å². The zero-order chi connectivity index (χ0) is 11.5. The quantitative estimate of drug-likeness (QED) is 0.726. The lowest BCUT2D eigenvalue weighted by atomic mass is 9.93. The first-order chi connectivity index (χ1) is 7.72. The molecule has 0 spiro atoms. The van der Waals surface area contributed by atoms with Crippen molar-refractivity contribution in [2.45, 2.75) is 32.0 Å². The Hall–Kier alpha value is -1.35. The average Bonchev–Trinajstić information content (AvgIpc) is 2.33. The van der Waals surface area contributed by atoms with Crippen LogP contribution >= 0.6 is 0 Å². The first kappa shape index (κ1) is 11.1. The number of benzene rings is 1. The van der Waals surface area contributed by atoms with Crippen molar-refractivity contribution in [3.63, 3.8) is 0 Å². The van der Waals surface area contributed by atoms with Gasteiger partial charge in [-0.2, -0.15) is 0 Å². The van der Waals surface area contributed by atoms with Crippen LogP contribution in [-0.4, -0.2) is 30.1 Å². The zero-order valence-electron chi connectivity index (χ0n) is 9.72. The van der Waals surface area contributed by atoms with Crippen LogP contribution < -0.4 is 0 Å². The summed E-state index contributed by atoms with van der Waals surface area (Å²) >= 11 is 0. The van der Waals surface area contributed by atoms with E-state index in [4.69, 9.17) is 4.74 Å². The predicted molar refractivity (Wildman–Crippen MR) is 61.9 cm³/mol. The second-order valence-corrected chi connectivity index (χ2v) is 4.28. The van der Waals surface area contributed by atoms with Gasteiger partial charge in [0.15, 0.2) is 0 Å². The van der Waals surface area contributed by atoms with Gasteiger partial charge in [-0.05, 0) is 18.9 Å². The summed E-state index contributed by atoms with van der Waals surface area (Å²) in [6.45, 7) is 2.96. The SMILES string of the molecule is COC(=O)[C@H]1C[C@H](C)N1Cc1ccccc1. The predicted octanol–water partition coefficient (Wildman–Crippen LogP) is 1.82. The Morgan fingerprint density at radius 2 is 2.12 bits per heavy atom. The summed E-state index contributed by atoms with van der Waals surface area (Å²) in [5, 5.41) is 0. The molecular formula is C13H17NO2. The Labute approximate surface area is 96.0 Å². The maximum absolute atomic E-state index is 11.5. The molecule has 86 valence electrons. The first-order valence-corrected chi connectivity index (χ1v) is 5.60. The van der Waals surface area contributed by atoms with Crippen molar-refractivity contribution in [2.24, 2.45) is 0 Å². The third kappa shape index (κ3) is 2.09. The molecule has 1 fully saturated rings. The monoisotopic (exact) mass is 219 g/mol. The van der Waals surface area contributed by atoms with Crippen LogP contribution in [0.15, 0.2) is 30.3 Å². The summed E-state index contributed by atoms with van der Waals surface area (Å²) in [5.74, 6) is -0.117. The number of carbonyl (C=O) groups excluding carboxylic acids is 1. The maximum atomic E-state index is 11.5. The standard InChI is InChI=1S/C13H17NO2/c1-10-8-12(13(15)16-2)14(10)9-11-6-4-3-5-7-11/h3-7,10,12H,8-9H2,1-2H3/t10-,12+/m0/s1. The summed E-state index contributed by atoms with van der Waals surface area (Å²) in [6, 6.07) is 10.6. The van der Waals surface area contributed by atoms with Crippen molar-refractivity contribution in [1.29, 1.82) is 0 Å². The van der Waals surface area contributed by atoms with E-state index in [-0.39, 0.29) is 12.0 Å². The van der Waals surface area contributed by atoms with E-state index in [1.54, 1.807) is 0 Å². The van der Waals surface area contributed by atoms with Crippen LogP contribution in [0.4, 0.5) is 0 Å². The van der Waals surface area contributed by atoms with Crippen molar-refractivity contribution in [2.75, 3.05) is 7.11 Å². The van der Waals surface area contributed by atoms with Gasteiger partial charge < -0.3 is 4.74 Å². The summed E-state index contributed by atoms with van der Waals surface area (Å²) in [7, 11) is 1.45. The number of esters is 1. The summed E-state index contributed by atoms with van der Waals surface area (Å²) in [6.07, 6.45) is 0.902.